The number of aromatic hydroxyl groups is 1. The number of carbonyl (C=O) groups is 1. The predicted octanol–water partition coefficient (Wildman–Crippen LogP) is 4.02. The third kappa shape index (κ3) is 4.40. The number of para-hydroxylation sites is 1. The van der Waals surface area contributed by atoms with Gasteiger partial charge in [-0.2, -0.15) is 0 Å². The second-order valence-corrected chi connectivity index (χ2v) is 6.99. The molecule has 2 N–H and O–H groups in total. The van der Waals surface area contributed by atoms with Crippen molar-refractivity contribution in [2.45, 2.75) is 18.6 Å². The molecular formula is C20H19FN4O2S. The van der Waals surface area contributed by atoms with E-state index in [-0.39, 0.29) is 23.1 Å². The number of carbonyl (C=O) groups excluding carboxylic acids is 1. The summed E-state index contributed by atoms with van der Waals surface area (Å²) in [5, 5.41) is 21.4. The summed E-state index contributed by atoms with van der Waals surface area (Å²) in [6.45, 7) is 5.97. The molecule has 2 aromatic carbocycles. The number of thioether (sulfide) groups is 1. The fourth-order valence-electron chi connectivity index (χ4n) is 2.60. The van der Waals surface area contributed by atoms with Gasteiger partial charge in [0.2, 0.25) is 5.91 Å². The Morgan fingerprint density at radius 3 is 2.86 bits per heavy atom. The molecule has 0 saturated heterocycles. The molecule has 0 atom stereocenters. The number of halogens is 1. The summed E-state index contributed by atoms with van der Waals surface area (Å²) in [6.07, 6.45) is 1.68. The number of rotatable bonds is 7. The van der Waals surface area contributed by atoms with Crippen LogP contribution in [0.3, 0.4) is 0 Å². The summed E-state index contributed by atoms with van der Waals surface area (Å²) in [4.78, 5) is 12.2. The number of hydrogen-bond donors (Lipinski definition) is 2. The predicted molar refractivity (Wildman–Crippen MR) is 108 cm³/mol. The topological polar surface area (TPSA) is 80.0 Å². The quantitative estimate of drug-likeness (QED) is 0.464. The van der Waals surface area contributed by atoms with Gasteiger partial charge in [0.1, 0.15) is 11.6 Å². The highest BCUT2D eigenvalue weighted by molar-refractivity contribution is 7.99. The third-order valence-electron chi connectivity index (χ3n) is 3.90. The second kappa shape index (κ2) is 8.71. The Balaban J connectivity index is 1.75. The maximum absolute atomic E-state index is 13.8. The van der Waals surface area contributed by atoms with Gasteiger partial charge in [-0.3, -0.25) is 9.36 Å². The van der Waals surface area contributed by atoms with E-state index < -0.39 is 5.82 Å². The standard InChI is InChI=1S/C20H19FN4O2S/c1-3-10-25-19(14-6-4-5-7-17(14)26)23-24-20(25)28-12-18(27)22-16-11-13(2)8-9-15(16)21/h3-9,11,26H,1,10,12H2,2H3,(H,22,27). The summed E-state index contributed by atoms with van der Waals surface area (Å²) >= 11 is 1.17. The van der Waals surface area contributed by atoms with Gasteiger partial charge in [-0.25, -0.2) is 4.39 Å². The maximum atomic E-state index is 13.8. The number of nitrogens with zero attached hydrogens (tertiary/aromatic N) is 3. The number of benzene rings is 2. The summed E-state index contributed by atoms with van der Waals surface area (Å²) < 4.78 is 15.6. The van der Waals surface area contributed by atoms with Crippen molar-refractivity contribution in [3.05, 3.63) is 66.5 Å². The zero-order valence-electron chi connectivity index (χ0n) is 15.2. The number of allylic oxidation sites excluding steroid dienone is 1. The Bertz CT molecular complexity index is 1020. The molecule has 0 fully saturated rings. The van der Waals surface area contributed by atoms with Crippen LogP contribution in [0.5, 0.6) is 5.75 Å². The second-order valence-electron chi connectivity index (χ2n) is 6.04. The lowest BCUT2D eigenvalue weighted by atomic mass is 10.2. The van der Waals surface area contributed by atoms with Crippen molar-refractivity contribution in [3.8, 4) is 17.1 Å². The zero-order chi connectivity index (χ0) is 20.1. The molecule has 0 spiro atoms. The van der Waals surface area contributed by atoms with E-state index in [2.05, 4.69) is 22.1 Å². The van der Waals surface area contributed by atoms with Crippen LogP contribution in [0.25, 0.3) is 11.4 Å². The van der Waals surface area contributed by atoms with Crippen LogP contribution in [0, 0.1) is 12.7 Å². The first-order valence-corrected chi connectivity index (χ1v) is 9.49. The molecule has 3 rings (SSSR count). The lowest BCUT2D eigenvalue weighted by Gasteiger charge is -2.09. The Morgan fingerprint density at radius 2 is 2.11 bits per heavy atom. The minimum absolute atomic E-state index is 0.0312. The monoisotopic (exact) mass is 398 g/mol. The van der Waals surface area contributed by atoms with Crippen LogP contribution in [0.1, 0.15) is 5.56 Å². The largest absolute Gasteiger partial charge is 0.507 e. The molecule has 0 aliphatic carbocycles. The van der Waals surface area contributed by atoms with E-state index in [0.29, 0.717) is 23.1 Å². The van der Waals surface area contributed by atoms with Gasteiger partial charge in [0.05, 0.1) is 17.0 Å². The number of aromatic nitrogens is 3. The van der Waals surface area contributed by atoms with Gasteiger partial charge in [0.15, 0.2) is 11.0 Å². The molecular weight excluding hydrogens is 379 g/mol. The van der Waals surface area contributed by atoms with E-state index in [1.165, 1.54) is 17.8 Å². The third-order valence-corrected chi connectivity index (χ3v) is 4.87. The van der Waals surface area contributed by atoms with Crippen molar-refractivity contribution in [2.75, 3.05) is 11.1 Å². The van der Waals surface area contributed by atoms with E-state index in [0.717, 1.165) is 5.56 Å². The van der Waals surface area contributed by atoms with Crippen molar-refractivity contribution in [3.63, 3.8) is 0 Å². The van der Waals surface area contributed by atoms with Crippen LogP contribution < -0.4 is 5.32 Å². The molecule has 6 nitrogen and oxygen atoms in total. The summed E-state index contributed by atoms with van der Waals surface area (Å²) in [7, 11) is 0. The summed E-state index contributed by atoms with van der Waals surface area (Å²) in [6, 6.07) is 11.3. The highest BCUT2D eigenvalue weighted by Gasteiger charge is 2.17. The molecule has 0 unspecified atom stereocenters. The fraction of sp³-hybridized carbons (Fsp3) is 0.150. The minimum atomic E-state index is -0.486. The van der Waals surface area contributed by atoms with Crippen LogP contribution in [0.2, 0.25) is 0 Å². The number of nitrogens with one attached hydrogen (secondary N) is 1. The molecule has 0 aliphatic rings. The highest BCUT2D eigenvalue weighted by Crippen LogP contribution is 2.30. The minimum Gasteiger partial charge on any atom is -0.507 e. The van der Waals surface area contributed by atoms with E-state index >= 15 is 0 Å². The Labute approximate surface area is 166 Å². The van der Waals surface area contributed by atoms with E-state index in [9.17, 15) is 14.3 Å². The number of phenols is 1. The summed E-state index contributed by atoms with van der Waals surface area (Å²) in [5.41, 5.74) is 1.53. The van der Waals surface area contributed by atoms with E-state index in [1.807, 2.05) is 6.92 Å². The summed E-state index contributed by atoms with van der Waals surface area (Å²) in [5.74, 6) is -0.244. The number of amides is 1. The smallest absolute Gasteiger partial charge is 0.234 e. The van der Waals surface area contributed by atoms with Crippen LogP contribution in [-0.4, -0.2) is 31.5 Å². The SMILES string of the molecule is C=CCn1c(SCC(=O)Nc2cc(C)ccc2F)nnc1-c1ccccc1O. The number of aryl methyl sites for hydroxylation is 1. The molecule has 3 aromatic rings. The first-order chi connectivity index (χ1) is 13.5. The van der Waals surface area contributed by atoms with Gasteiger partial charge < -0.3 is 10.4 Å². The molecule has 144 valence electrons. The van der Waals surface area contributed by atoms with Crippen molar-refractivity contribution in [1.29, 1.82) is 0 Å². The average molecular weight is 398 g/mol. The van der Waals surface area contributed by atoms with Gasteiger partial charge in [-0.05, 0) is 36.8 Å². The number of anilines is 1. The van der Waals surface area contributed by atoms with Crippen molar-refractivity contribution < 1.29 is 14.3 Å². The molecule has 1 aromatic heterocycles. The lowest BCUT2D eigenvalue weighted by Crippen LogP contribution is -2.15. The number of hydrogen-bond acceptors (Lipinski definition) is 5. The van der Waals surface area contributed by atoms with Gasteiger partial charge in [0, 0.05) is 6.54 Å². The van der Waals surface area contributed by atoms with Gasteiger partial charge in [-0.15, -0.1) is 16.8 Å². The molecule has 0 radical (unpaired) electrons. The van der Waals surface area contributed by atoms with Crippen molar-refractivity contribution in [2.24, 2.45) is 0 Å². The molecule has 0 saturated carbocycles. The maximum Gasteiger partial charge on any atom is 0.234 e. The first-order valence-electron chi connectivity index (χ1n) is 8.51. The van der Waals surface area contributed by atoms with Gasteiger partial charge in [0.25, 0.3) is 0 Å². The molecule has 0 bridgehead atoms. The first kappa shape index (κ1) is 19.6. The zero-order valence-corrected chi connectivity index (χ0v) is 16.0. The Morgan fingerprint density at radius 1 is 1.32 bits per heavy atom. The molecule has 8 heteroatoms. The van der Waals surface area contributed by atoms with Crippen LogP contribution in [-0.2, 0) is 11.3 Å². The highest BCUT2D eigenvalue weighted by atomic mass is 32.2. The van der Waals surface area contributed by atoms with Crippen molar-refractivity contribution in [1.82, 2.24) is 14.8 Å². The van der Waals surface area contributed by atoms with Crippen LogP contribution in [0.4, 0.5) is 10.1 Å². The molecule has 0 aliphatic heterocycles. The Kier molecular flexibility index (Phi) is 6.10. The number of phenolic OH excluding ortho intramolecular Hbond substituents is 1. The average Bonchev–Trinajstić information content (AvgIpc) is 3.06. The molecule has 1 heterocycles. The van der Waals surface area contributed by atoms with Crippen LogP contribution in [0.15, 0.2) is 60.3 Å². The van der Waals surface area contributed by atoms with Crippen molar-refractivity contribution >= 4 is 23.4 Å². The normalized spacial score (nSPS) is 10.6. The molecule has 1 amide bonds. The van der Waals surface area contributed by atoms with E-state index in [1.54, 1.807) is 47.0 Å². The van der Waals surface area contributed by atoms with Gasteiger partial charge >= 0.3 is 0 Å². The van der Waals surface area contributed by atoms with E-state index in [4.69, 9.17) is 0 Å². The van der Waals surface area contributed by atoms with Gasteiger partial charge in [-0.1, -0.05) is 36.0 Å². The molecule has 28 heavy (non-hydrogen) atoms. The fourth-order valence-corrected chi connectivity index (χ4v) is 3.35. The van der Waals surface area contributed by atoms with Crippen LogP contribution >= 0.6 is 11.8 Å². The Hall–Kier alpha value is -3.13. The lowest BCUT2D eigenvalue weighted by molar-refractivity contribution is -0.113.